The van der Waals surface area contributed by atoms with Crippen molar-refractivity contribution < 1.29 is 4.74 Å². The van der Waals surface area contributed by atoms with Crippen LogP contribution in [0.2, 0.25) is 0 Å². The zero-order chi connectivity index (χ0) is 11.9. The van der Waals surface area contributed by atoms with Gasteiger partial charge in [0.1, 0.15) is 0 Å². The highest BCUT2D eigenvalue weighted by Gasteiger charge is 2.41. The van der Waals surface area contributed by atoms with Crippen LogP contribution in [0.5, 0.6) is 0 Å². The van der Waals surface area contributed by atoms with Gasteiger partial charge in [-0.1, -0.05) is 6.92 Å². The van der Waals surface area contributed by atoms with Crippen LogP contribution in [-0.4, -0.2) is 12.2 Å². The van der Waals surface area contributed by atoms with Gasteiger partial charge in [-0.15, -0.1) is 11.3 Å². The zero-order valence-electron chi connectivity index (χ0n) is 10.4. The van der Waals surface area contributed by atoms with E-state index in [4.69, 9.17) is 10.5 Å². The summed E-state index contributed by atoms with van der Waals surface area (Å²) >= 11 is 1.77. The van der Waals surface area contributed by atoms with E-state index in [0.29, 0.717) is 17.9 Å². The van der Waals surface area contributed by atoms with Gasteiger partial charge in [0.2, 0.25) is 0 Å². The Bertz CT molecular complexity index is 363. The minimum absolute atomic E-state index is 0.112. The van der Waals surface area contributed by atoms with Crippen molar-refractivity contribution in [1.29, 1.82) is 0 Å². The van der Waals surface area contributed by atoms with Crippen LogP contribution in [0, 0.1) is 18.8 Å². The second kappa shape index (κ2) is 4.47. The van der Waals surface area contributed by atoms with Crippen LogP contribution < -0.4 is 5.73 Å². The highest BCUT2D eigenvalue weighted by atomic mass is 32.1. The molecule has 90 valence electrons. The Morgan fingerprint density at radius 1 is 1.31 bits per heavy atom. The molecule has 0 radical (unpaired) electrons. The summed E-state index contributed by atoms with van der Waals surface area (Å²) in [6.45, 7) is 8.69. The van der Waals surface area contributed by atoms with Gasteiger partial charge >= 0.3 is 0 Å². The topological polar surface area (TPSA) is 35.2 Å². The summed E-state index contributed by atoms with van der Waals surface area (Å²) in [6, 6.07) is 2.27. The van der Waals surface area contributed by atoms with Crippen molar-refractivity contribution in [3.8, 4) is 0 Å². The number of ether oxygens (including phenoxy) is 1. The minimum atomic E-state index is 0.112. The lowest BCUT2D eigenvalue weighted by Crippen LogP contribution is -2.30. The van der Waals surface area contributed by atoms with E-state index in [1.165, 1.54) is 10.4 Å². The first-order valence-electron chi connectivity index (χ1n) is 5.97. The number of hydrogen-bond donors (Lipinski definition) is 1. The van der Waals surface area contributed by atoms with E-state index in [0.717, 1.165) is 0 Å². The van der Waals surface area contributed by atoms with E-state index < -0.39 is 0 Å². The smallest absolute Gasteiger partial charge is 0.0600 e. The third-order valence-electron chi connectivity index (χ3n) is 3.99. The lowest BCUT2D eigenvalue weighted by atomic mass is 9.81. The normalized spacial score (nSPS) is 36.6. The predicted molar refractivity (Wildman–Crippen MR) is 68.6 cm³/mol. The van der Waals surface area contributed by atoms with Gasteiger partial charge in [-0.3, -0.25) is 0 Å². The third-order valence-corrected chi connectivity index (χ3v) is 4.85. The van der Waals surface area contributed by atoms with Gasteiger partial charge in [-0.05, 0) is 43.7 Å². The van der Waals surface area contributed by atoms with E-state index in [9.17, 15) is 0 Å². The molecule has 0 bridgehead atoms. The molecule has 0 spiro atoms. The Morgan fingerprint density at radius 3 is 2.44 bits per heavy atom. The molecule has 0 amide bonds. The fraction of sp³-hybridized carbons (Fsp3) is 0.692. The highest BCUT2D eigenvalue weighted by molar-refractivity contribution is 7.10. The zero-order valence-corrected chi connectivity index (χ0v) is 11.3. The molecule has 2 rings (SSSR count). The molecule has 1 fully saturated rings. The number of thiophene rings is 1. The summed E-state index contributed by atoms with van der Waals surface area (Å²) in [4.78, 5) is 1.34. The standard InChI is InChI=1S/C13H21NOS/c1-7-8(2)15-9(3)12(7)13(14)11-5-6-16-10(11)4/h5-9,12-13H,14H2,1-4H3. The largest absolute Gasteiger partial charge is 0.375 e. The van der Waals surface area contributed by atoms with Crippen LogP contribution >= 0.6 is 11.3 Å². The maximum atomic E-state index is 6.42. The third kappa shape index (κ3) is 1.92. The first-order chi connectivity index (χ1) is 7.52. The average Bonchev–Trinajstić information content (AvgIpc) is 2.73. The summed E-state index contributed by atoms with van der Waals surface area (Å²) < 4.78 is 5.87. The molecule has 1 saturated heterocycles. The molecular weight excluding hydrogens is 218 g/mol. The Morgan fingerprint density at radius 2 is 2.00 bits per heavy atom. The molecule has 5 unspecified atom stereocenters. The molecule has 1 aromatic rings. The summed E-state index contributed by atoms with van der Waals surface area (Å²) in [7, 11) is 0. The molecular formula is C13H21NOS. The van der Waals surface area contributed by atoms with Gasteiger partial charge < -0.3 is 10.5 Å². The average molecular weight is 239 g/mol. The fourth-order valence-electron chi connectivity index (χ4n) is 2.86. The quantitative estimate of drug-likeness (QED) is 0.860. The Labute approximate surface area is 102 Å². The Hall–Kier alpha value is -0.380. The van der Waals surface area contributed by atoms with Crippen molar-refractivity contribution in [3.63, 3.8) is 0 Å². The lowest BCUT2D eigenvalue weighted by molar-refractivity contribution is 0.0489. The summed E-state index contributed by atoms with van der Waals surface area (Å²) in [6.07, 6.45) is 0.587. The molecule has 16 heavy (non-hydrogen) atoms. The minimum Gasteiger partial charge on any atom is -0.375 e. The van der Waals surface area contributed by atoms with Gasteiger partial charge in [0.05, 0.1) is 12.2 Å². The fourth-order valence-corrected chi connectivity index (χ4v) is 3.62. The molecule has 2 heterocycles. The first kappa shape index (κ1) is 12.1. The molecule has 3 heteroatoms. The van der Waals surface area contributed by atoms with Crippen molar-refractivity contribution in [2.45, 2.75) is 45.9 Å². The Kier molecular flexibility index (Phi) is 3.38. The molecule has 0 aliphatic carbocycles. The van der Waals surface area contributed by atoms with Gasteiger partial charge in [0, 0.05) is 16.8 Å². The lowest BCUT2D eigenvalue weighted by Gasteiger charge is -2.25. The summed E-state index contributed by atoms with van der Waals surface area (Å²) in [5, 5.41) is 2.12. The number of nitrogens with two attached hydrogens (primary N) is 1. The maximum absolute atomic E-state index is 6.42. The van der Waals surface area contributed by atoms with E-state index in [-0.39, 0.29) is 12.1 Å². The predicted octanol–water partition coefficient (Wildman–Crippen LogP) is 3.12. The number of aryl methyl sites for hydroxylation is 1. The molecule has 0 aromatic carbocycles. The first-order valence-corrected chi connectivity index (χ1v) is 6.85. The van der Waals surface area contributed by atoms with Crippen LogP contribution in [0.4, 0.5) is 0 Å². The van der Waals surface area contributed by atoms with Crippen LogP contribution in [0.3, 0.4) is 0 Å². The number of hydrogen-bond acceptors (Lipinski definition) is 3. The molecule has 2 N–H and O–H groups in total. The monoisotopic (exact) mass is 239 g/mol. The maximum Gasteiger partial charge on any atom is 0.0600 e. The molecule has 2 nitrogen and oxygen atoms in total. The molecule has 1 aliphatic heterocycles. The van der Waals surface area contributed by atoms with Crippen molar-refractivity contribution in [3.05, 3.63) is 21.9 Å². The second-order valence-corrected chi connectivity index (χ2v) is 6.06. The summed E-state index contributed by atoms with van der Waals surface area (Å²) in [5.41, 5.74) is 7.71. The van der Waals surface area contributed by atoms with Gasteiger partial charge in [-0.25, -0.2) is 0 Å². The SMILES string of the molecule is Cc1sccc1C(N)C1C(C)OC(C)C1C. The molecule has 1 aliphatic rings. The van der Waals surface area contributed by atoms with E-state index in [1.807, 2.05) is 0 Å². The highest BCUT2D eigenvalue weighted by Crippen LogP contribution is 2.40. The van der Waals surface area contributed by atoms with Crippen LogP contribution in [0.1, 0.15) is 37.3 Å². The Balaban J connectivity index is 2.22. The van der Waals surface area contributed by atoms with E-state index >= 15 is 0 Å². The molecule has 0 saturated carbocycles. The van der Waals surface area contributed by atoms with Gasteiger partial charge in [0.15, 0.2) is 0 Å². The van der Waals surface area contributed by atoms with Crippen LogP contribution in [0.15, 0.2) is 11.4 Å². The van der Waals surface area contributed by atoms with Crippen LogP contribution in [-0.2, 0) is 4.74 Å². The van der Waals surface area contributed by atoms with Crippen molar-refractivity contribution in [2.75, 3.05) is 0 Å². The number of rotatable bonds is 2. The van der Waals surface area contributed by atoms with E-state index in [2.05, 4.69) is 39.1 Å². The van der Waals surface area contributed by atoms with Crippen molar-refractivity contribution in [1.82, 2.24) is 0 Å². The van der Waals surface area contributed by atoms with E-state index in [1.54, 1.807) is 11.3 Å². The van der Waals surface area contributed by atoms with Gasteiger partial charge in [-0.2, -0.15) is 0 Å². The van der Waals surface area contributed by atoms with Gasteiger partial charge in [0.25, 0.3) is 0 Å². The van der Waals surface area contributed by atoms with Crippen molar-refractivity contribution >= 4 is 11.3 Å². The molecule has 5 atom stereocenters. The summed E-state index contributed by atoms with van der Waals surface area (Å²) in [5.74, 6) is 0.965. The van der Waals surface area contributed by atoms with Crippen LogP contribution in [0.25, 0.3) is 0 Å². The molecule has 1 aromatic heterocycles. The van der Waals surface area contributed by atoms with Crippen molar-refractivity contribution in [2.24, 2.45) is 17.6 Å². The second-order valence-electron chi connectivity index (χ2n) is 4.94.